The van der Waals surface area contributed by atoms with Crippen molar-refractivity contribution in [3.8, 4) is 0 Å². The number of carbonyl (C=O) groups is 1. The maximum Gasteiger partial charge on any atom is 0.406 e. The van der Waals surface area contributed by atoms with E-state index >= 15 is 0 Å². The van der Waals surface area contributed by atoms with Crippen LogP contribution in [-0.2, 0) is 0 Å². The summed E-state index contributed by atoms with van der Waals surface area (Å²) in [5, 5.41) is 0. The van der Waals surface area contributed by atoms with Crippen molar-refractivity contribution in [1.29, 1.82) is 0 Å². The molecule has 6 heteroatoms. The van der Waals surface area contributed by atoms with E-state index in [0.717, 1.165) is 4.90 Å². The molecule has 0 radical (unpaired) electrons. The van der Waals surface area contributed by atoms with E-state index in [-0.39, 0.29) is 5.56 Å². The van der Waals surface area contributed by atoms with Crippen molar-refractivity contribution in [2.75, 3.05) is 6.54 Å². The van der Waals surface area contributed by atoms with E-state index in [1.54, 1.807) is 39.0 Å². The van der Waals surface area contributed by atoms with Crippen LogP contribution in [0.5, 0.6) is 0 Å². The molecule has 1 aromatic rings. The lowest BCUT2D eigenvalue weighted by atomic mass is 10.1. The predicted octanol–water partition coefficient (Wildman–Crippen LogP) is 4.17. The Morgan fingerprint density at radius 1 is 1.37 bits per heavy atom. The molecule has 0 saturated heterocycles. The van der Waals surface area contributed by atoms with Gasteiger partial charge in [0.15, 0.2) is 0 Å². The van der Waals surface area contributed by atoms with Gasteiger partial charge in [-0.1, -0.05) is 22.0 Å². The normalized spacial score (nSPS) is 11.8. The van der Waals surface area contributed by atoms with Gasteiger partial charge < -0.3 is 4.90 Å². The van der Waals surface area contributed by atoms with Gasteiger partial charge in [0, 0.05) is 16.1 Å². The van der Waals surface area contributed by atoms with Crippen LogP contribution < -0.4 is 0 Å². The van der Waals surface area contributed by atoms with Crippen LogP contribution in [0.1, 0.15) is 29.8 Å². The summed E-state index contributed by atoms with van der Waals surface area (Å²) < 4.78 is 38.2. The van der Waals surface area contributed by atoms with Crippen molar-refractivity contribution in [3.05, 3.63) is 33.8 Å². The number of hydrogen-bond acceptors (Lipinski definition) is 1. The lowest BCUT2D eigenvalue weighted by Crippen LogP contribution is -2.43. The summed E-state index contributed by atoms with van der Waals surface area (Å²) in [5.74, 6) is -0.605. The standard InChI is InChI=1S/C13H15BrF3NO/c1-8(2)18(7-13(15,16)17)12(19)11-6-10(14)5-4-9(11)3/h4-6,8H,7H2,1-3H3. The summed E-state index contributed by atoms with van der Waals surface area (Å²) in [5.41, 5.74) is 0.938. The minimum atomic E-state index is -4.40. The molecule has 0 aromatic heterocycles. The molecular weight excluding hydrogens is 323 g/mol. The van der Waals surface area contributed by atoms with Gasteiger partial charge in [0.25, 0.3) is 5.91 Å². The minimum Gasteiger partial charge on any atom is -0.327 e. The summed E-state index contributed by atoms with van der Waals surface area (Å²) in [6, 6.07) is 4.47. The van der Waals surface area contributed by atoms with Gasteiger partial charge in [-0.05, 0) is 38.5 Å². The third-order valence-electron chi connectivity index (χ3n) is 2.66. The second kappa shape index (κ2) is 5.94. The Labute approximate surface area is 118 Å². The van der Waals surface area contributed by atoms with E-state index in [4.69, 9.17) is 0 Å². The third-order valence-corrected chi connectivity index (χ3v) is 3.16. The quantitative estimate of drug-likeness (QED) is 0.810. The fourth-order valence-electron chi connectivity index (χ4n) is 1.66. The number of alkyl halides is 3. The summed E-state index contributed by atoms with van der Waals surface area (Å²) in [6.45, 7) is 3.59. The molecule has 1 aromatic carbocycles. The molecule has 1 amide bonds. The molecule has 0 aliphatic heterocycles. The van der Waals surface area contributed by atoms with Crippen molar-refractivity contribution in [2.24, 2.45) is 0 Å². The Hall–Kier alpha value is -1.04. The van der Waals surface area contributed by atoms with E-state index in [1.165, 1.54) is 0 Å². The topological polar surface area (TPSA) is 20.3 Å². The number of aryl methyl sites for hydroxylation is 1. The zero-order valence-electron chi connectivity index (χ0n) is 10.9. The number of carbonyl (C=O) groups excluding carboxylic acids is 1. The van der Waals surface area contributed by atoms with Gasteiger partial charge in [-0.3, -0.25) is 4.79 Å². The zero-order valence-corrected chi connectivity index (χ0v) is 12.5. The highest BCUT2D eigenvalue weighted by Gasteiger charge is 2.34. The van der Waals surface area contributed by atoms with Gasteiger partial charge >= 0.3 is 6.18 Å². The van der Waals surface area contributed by atoms with E-state index in [9.17, 15) is 18.0 Å². The summed E-state index contributed by atoms with van der Waals surface area (Å²) in [4.78, 5) is 13.1. The maximum atomic E-state index is 12.5. The SMILES string of the molecule is Cc1ccc(Br)cc1C(=O)N(CC(F)(F)F)C(C)C. The highest BCUT2D eigenvalue weighted by Crippen LogP contribution is 2.23. The van der Waals surface area contributed by atoms with Crippen molar-refractivity contribution in [3.63, 3.8) is 0 Å². The molecule has 0 unspecified atom stereocenters. The molecule has 0 aliphatic carbocycles. The molecule has 0 bridgehead atoms. The van der Waals surface area contributed by atoms with Crippen LogP contribution in [-0.4, -0.2) is 29.6 Å². The average molecular weight is 338 g/mol. The molecule has 0 saturated carbocycles. The lowest BCUT2D eigenvalue weighted by molar-refractivity contribution is -0.143. The molecule has 1 rings (SSSR count). The number of benzene rings is 1. The van der Waals surface area contributed by atoms with Crippen molar-refractivity contribution in [2.45, 2.75) is 33.0 Å². The second-order valence-corrected chi connectivity index (χ2v) is 5.52. The number of rotatable bonds is 3. The van der Waals surface area contributed by atoms with E-state index in [1.807, 2.05) is 0 Å². The van der Waals surface area contributed by atoms with Gasteiger partial charge in [0.2, 0.25) is 0 Å². The Morgan fingerprint density at radius 2 is 1.95 bits per heavy atom. The predicted molar refractivity (Wildman–Crippen MR) is 71.1 cm³/mol. The van der Waals surface area contributed by atoms with Crippen LogP contribution in [0.4, 0.5) is 13.2 Å². The Morgan fingerprint density at radius 3 is 2.42 bits per heavy atom. The van der Waals surface area contributed by atoms with Crippen LogP contribution in [0.25, 0.3) is 0 Å². The smallest absolute Gasteiger partial charge is 0.327 e. The first-order valence-corrected chi connectivity index (χ1v) is 6.55. The number of nitrogens with zero attached hydrogens (tertiary/aromatic N) is 1. The van der Waals surface area contributed by atoms with Gasteiger partial charge in [-0.25, -0.2) is 0 Å². The molecular formula is C13H15BrF3NO. The molecule has 0 atom stereocenters. The number of halogens is 4. The second-order valence-electron chi connectivity index (χ2n) is 4.60. The molecule has 0 N–H and O–H groups in total. The highest BCUT2D eigenvalue weighted by molar-refractivity contribution is 9.10. The van der Waals surface area contributed by atoms with Gasteiger partial charge in [0.1, 0.15) is 6.54 Å². The number of hydrogen-bond donors (Lipinski definition) is 0. The van der Waals surface area contributed by atoms with Crippen molar-refractivity contribution < 1.29 is 18.0 Å². The number of amides is 1. The van der Waals surface area contributed by atoms with E-state index in [0.29, 0.717) is 10.0 Å². The molecule has 0 heterocycles. The van der Waals surface area contributed by atoms with Crippen LogP contribution in [0.15, 0.2) is 22.7 Å². The zero-order chi connectivity index (χ0) is 14.8. The molecule has 19 heavy (non-hydrogen) atoms. The molecule has 0 aliphatic rings. The van der Waals surface area contributed by atoms with Crippen LogP contribution in [0.3, 0.4) is 0 Å². The first-order valence-electron chi connectivity index (χ1n) is 5.75. The van der Waals surface area contributed by atoms with Crippen molar-refractivity contribution in [1.82, 2.24) is 4.90 Å². The Kier molecular flexibility index (Phi) is 5.01. The molecule has 0 spiro atoms. The monoisotopic (exact) mass is 337 g/mol. The molecule has 0 fully saturated rings. The summed E-state index contributed by atoms with van der Waals surface area (Å²) in [6.07, 6.45) is -4.40. The lowest BCUT2D eigenvalue weighted by Gasteiger charge is -2.28. The first-order chi connectivity index (χ1) is 8.61. The van der Waals surface area contributed by atoms with Crippen LogP contribution in [0.2, 0.25) is 0 Å². The minimum absolute atomic E-state index is 0.285. The first kappa shape index (κ1) is 16.0. The highest BCUT2D eigenvalue weighted by atomic mass is 79.9. The van der Waals surface area contributed by atoms with Gasteiger partial charge in [0.05, 0.1) is 0 Å². The van der Waals surface area contributed by atoms with Crippen LogP contribution >= 0.6 is 15.9 Å². The van der Waals surface area contributed by atoms with Gasteiger partial charge in [-0.2, -0.15) is 13.2 Å². The summed E-state index contributed by atoms with van der Waals surface area (Å²) in [7, 11) is 0. The third kappa shape index (κ3) is 4.53. The van der Waals surface area contributed by atoms with E-state index in [2.05, 4.69) is 15.9 Å². The molecule has 2 nitrogen and oxygen atoms in total. The van der Waals surface area contributed by atoms with Crippen LogP contribution in [0, 0.1) is 6.92 Å². The van der Waals surface area contributed by atoms with E-state index < -0.39 is 24.7 Å². The average Bonchev–Trinajstić information content (AvgIpc) is 2.27. The fraction of sp³-hybridized carbons (Fsp3) is 0.462. The molecule has 106 valence electrons. The fourth-order valence-corrected chi connectivity index (χ4v) is 2.02. The maximum absolute atomic E-state index is 12.5. The van der Waals surface area contributed by atoms with Gasteiger partial charge in [-0.15, -0.1) is 0 Å². The largest absolute Gasteiger partial charge is 0.406 e. The Bertz CT molecular complexity index is 471. The Balaban J connectivity index is 3.09. The summed E-state index contributed by atoms with van der Waals surface area (Å²) >= 11 is 3.22. The van der Waals surface area contributed by atoms with Crippen molar-refractivity contribution >= 4 is 21.8 Å².